The third-order valence-electron chi connectivity index (χ3n) is 4.30. The van der Waals surface area contributed by atoms with Crippen molar-refractivity contribution in [1.29, 1.82) is 0 Å². The molecule has 2 amide bonds. The molecule has 1 aromatic heterocycles. The average molecular weight is 440 g/mol. The van der Waals surface area contributed by atoms with Crippen LogP contribution in [0.5, 0.6) is 0 Å². The summed E-state index contributed by atoms with van der Waals surface area (Å²) in [7, 11) is 0. The monoisotopic (exact) mass is 439 g/mol. The molecular weight excluding hydrogens is 417 g/mol. The number of carbonyl (C=O) groups excluding carboxylic acids is 2. The Kier molecular flexibility index (Phi) is 7.55. The Bertz CT molecular complexity index is 1080. The second kappa shape index (κ2) is 10.5. The predicted octanol–water partition coefficient (Wildman–Crippen LogP) is 3.82. The number of amides is 2. The molecule has 0 radical (unpaired) electrons. The number of halogens is 1. The summed E-state index contributed by atoms with van der Waals surface area (Å²) < 4.78 is 14.7. The topological polar surface area (TPSA) is 88.9 Å². The molecule has 2 aromatic carbocycles. The van der Waals surface area contributed by atoms with Crippen LogP contribution in [-0.4, -0.2) is 32.3 Å². The molecule has 3 rings (SSSR count). The standard InChI is InChI=1S/C22H22FN5O2S/c1-3-12-28-19(13-20(29)25-18-7-5-4-6-15(18)2)26-27-22(28)31-14-21(30)24-17-10-8-16(23)9-11-17/h3-11H,1,12-14H2,2H3,(H,24,30)(H,25,29). The minimum atomic E-state index is -0.371. The Morgan fingerprint density at radius 1 is 1.10 bits per heavy atom. The van der Waals surface area contributed by atoms with Gasteiger partial charge in [-0.25, -0.2) is 4.39 Å². The lowest BCUT2D eigenvalue weighted by atomic mass is 10.2. The van der Waals surface area contributed by atoms with E-state index in [1.807, 2.05) is 31.2 Å². The molecule has 0 bridgehead atoms. The molecule has 0 atom stereocenters. The summed E-state index contributed by atoms with van der Waals surface area (Å²) in [6.45, 7) is 6.06. The van der Waals surface area contributed by atoms with Crippen LogP contribution in [0.1, 0.15) is 11.4 Å². The summed E-state index contributed by atoms with van der Waals surface area (Å²) in [6.07, 6.45) is 1.71. The lowest BCUT2D eigenvalue weighted by Crippen LogP contribution is -2.18. The van der Waals surface area contributed by atoms with E-state index in [9.17, 15) is 14.0 Å². The number of anilines is 2. The summed E-state index contributed by atoms with van der Waals surface area (Å²) in [4.78, 5) is 24.7. The number of aryl methyl sites for hydroxylation is 1. The van der Waals surface area contributed by atoms with Gasteiger partial charge in [-0.2, -0.15) is 0 Å². The number of benzene rings is 2. The predicted molar refractivity (Wildman–Crippen MR) is 119 cm³/mol. The molecule has 7 nitrogen and oxygen atoms in total. The fraction of sp³-hybridized carbons (Fsp3) is 0.182. The van der Waals surface area contributed by atoms with Gasteiger partial charge in [-0.15, -0.1) is 16.8 Å². The molecule has 1 heterocycles. The second-order valence-electron chi connectivity index (χ2n) is 6.68. The Balaban J connectivity index is 1.62. The molecular formula is C22H22FN5O2S. The van der Waals surface area contributed by atoms with Crippen molar-refractivity contribution in [3.05, 3.63) is 78.4 Å². The first-order valence-electron chi connectivity index (χ1n) is 9.53. The van der Waals surface area contributed by atoms with E-state index in [0.717, 1.165) is 11.3 Å². The van der Waals surface area contributed by atoms with Gasteiger partial charge >= 0.3 is 0 Å². The molecule has 160 valence electrons. The largest absolute Gasteiger partial charge is 0.325 e. The number of carbonyl (C=O) groups is 2. The molecule has 31 heavy (non-hydrogen) atoms. The highest BCUT2D eigenvalue weighted by Crippen LogP contribution is 2.19. The normalized spacial score (nSPS) is 10.5. The van der Waals surface area contributed by atoms with Crippen LogP contribution in [0.3, 0.4) is 0 Å². The van der Waals surface area contributed by atoms with E-state index in [0.29, 0.717) is 23.2 Å². The molecule has 0 aliphatic heterocycles. The second-order valence-corrected chi connectivity index (χ2v) is 7.62. The smallest absolute Gasteiger partial charge is 0.234 e. The molecule has 0 spiro atoms. The molecule has 9 heteroatoms. The lowest BCUT2D eigenvalue weighted by molar-refractivity contribution is -0.116. The first-order chi connectivity index (χ1) is 15.0. The third kappa shape index (κ3) is 6.26. The highest BCUT2D eigenvalue weighted by molar-refractivity contribution is 7.99. The van der Waals surface area contributed by atoms with Crippen LogP contribution in [0.15, 0.2) is 66.3 Å². The van der Waals surface area contributed by atoms with E-state index in [4.69, 9.17) is 0 Å². The van der Waals surface area contributed by atoms with Crippen LogP contribution in [0, 0.1) is 12.7 Å². The Morgan fingerprint density at radius 3 is 2.55 bits per heavy atom. The van der Waals surface area contributed by atoms with Crippen molar-refractivity contribution in [3.63, 3.8) is 0 Å². The maximum atomic E-state index is 13.0. The number of nitrogens with zero attached hydrogens (tertiary/aromatic N) is 3. The van der Waals surface area contributed by atoms with Crippen molar-refractivity contribution < 1.29 is 14.0 Å². The lowest BCUT2D eigenvalue weighted by Gasteiger charge is -2.10. The van der Waals surface area contributed by atoms with E-state index in [-0.39, 0.29) is 29.8 Å². The summed E-state index contributed by atoms with van der Waals surface area (Å²) in [5.74, 6) is -0.278. The number of nitrogens with one attached hydrogen (secondary N) is 2. The number of thioether (sulfide) groups is 1. The van der Waals surface area contributed by atoms with Gasteiger partial charge < -0.3 is 15.2 Å². The van der Waals surface area contributed by atoms with Crippen LogP contribution in [0.2, 0.25) is 0 Å². The maximum absolute atomic E-state index is 13.0. The van der Waals surface area contributed by atoms with Gasteiger partial charge in [0.1, 0.15) is 11.6 Å². The van der Waals surface area contributed by atoms with Crippen molar-refractivity contribution in [2.75, 3.05) is 16.4 Å². The number of para-hydroxylation sites is 1. The maximum Gasteiger partial charge on any atom is 0.234 e. The molecule has 0 unspecified atom stereocenters. The highest BCUT2D eigenvalue weighted by Gasteiger charge is 2.17. The molecule has 0 aliphatic rings. The van der Waals surface area contributed by atoms with Crippen molar-refractivity contribution in [2.45, 2.75) is 25.0 Å². The zero-order valence-corrected chi connectivity index (χ0v) is 17.8. The van der Waals surface area contributed by atoms with Crippen LogP contribution in [0.4, 0.5) is 15.8 Å². The van der Waals surface area contributed by atoms with Crippen LogP contribution in [-0.2, 0) is 22.6 Å². The Hall–Kier alpha value is -3.46. The fourth-order valence-corrected chi connectivity index (χ4v) is 3.55. The van der Waals surface area contributed by atoms with Gasteiger partial charge in [0.15, 0.2) is 5.16 Å². The molecule has 0 saturated carbocycles. The third-order valence-corrected chi connectivity index (χ3v) is 5.27. The van der Waals surface area contributed by atoms with Gasteiger partial charge in [-0.1, -0.05) is 36.0 Å². The van der Waals surface area contributed by atoms with Gasteiger partial charge in [0.25, 0.3) is 0 Å². The van der Waals surface area contributed by atoms with E-state index in [2.05, 4.69) is 27.4 Å². The summed E-state index contributed by atoms with van der Waals surface area (Å²) in [5, 5.41) is 14.3. The summed E-state index contributed by atoms with van der Waals surface area (Å²) in [5.41, 5.74) is 2.22. The van der Waals surface area contributed by atoms with Gasteiger partial charge in [-0.05, 0) is 42.8 Å². The fourth-order valence-electron chi connectivity index (χ4n) is 2.78. The quantitative estimate of drug-likeness (QED) is 0.391. The van der Waals surface area contributed by atoms with Crippen LogP contribution < -0.4 is 10.6 Å². The van der Waals surface area contributed by atoms with E-state index in [1.165, 1.54) is 36.0 Å². The minimum absolute atomic E-state index is 0.0392. The Labute approximate surface area is 183 Å². The molecule has 0 fully saturated rings. The van der Waals surface area contributed by atoms with Gasteiger partial charge in [-0.3, -0.25) is 9.59 Å². The van der Waals surface area contributed by atoms with Crippen molar-refractivity contribution in [1.82, 2.24) is 14.8 Å². The zero-order valence-electron chi connectivity index (χ0n) is 17.0. The first kappa shape index (κ1) is 22.2. The number of aromatic nitrogens is 3. The number of allylic oxidation sites excluding steroid dienone is 1. The molecule has 3 aromatic rings. The highest BCUT2D eigenvalue weighted by atomic mass is 32.2. The Morgan fingerprint density at radius 2 is 1.84 bits per heavy atom. The van der Waals surface area contributed by atoms with Crippen molar-refractivity contribution in [3.8, 4) is 0 Å². The average Bonchev–Trinajstić information content (AvgIpc) is 3.11. The van der Waals surface area contributed by atoms with Gasteiger partial charge in [0.2, 0.25) is 11.8 Å². The molecule has 2 N–H and O–H groups in total. The zero-order chi connectivity index (χ0) is 22.2. The van der Waals surface area contributed by atoms with Gasteiger partial charge in [0, 0.05) is 17.9 Å². The van der Waals surface area contributed by atoms with E-state index >= 15 is 0 Å². The van der Waals surface area contributed by atoms with E-state index in [1.54, 1.807) is 10.6 Å². The number of rotatable bonds is 9. The summed E-state index contributed by atoms with van der Waals surface area (Å²) >= 11 is 1.20. The summed E-state index contributed by atoms with van der Waals surface area (Å²) in [6, 6.07) is 13.0. The first-order valence-corrected chi connectivity index (χ1v) is 10.5. The minimum Gasteiger partial charge on any atom is -0.325 e. The molecule has 0 aliphatic carbocycles. The van der Waals surface area contributed by atoms with Crippen LogP contribution in [0.25, 0.3) is 0 Å². The number of hydrogen-bond acceptors (Lipinski definition) is 5. The number of hydrogen-bond donors (Lipinski definition) is 2. The SMILES string of the molecule is C=CCn1c(CC(=O)Nc2ccccc2C)nnc1SCC(=O)Nc1ccc(F)cc1. The van der Waals surface area contributed by atoms with Crippen molar-refractivity contribution in [2.24, 2.45) is 0 Å². The molecule has 0 saturated heterocycles. The van der Waals surface area contributed by atoms with E-state index < -0.39 is 0 Å². The van der Waals surface area contributed by atoms with Gasteiger partial charge in [0.05, 0.1) is 12.2 Å². The van der Waals surface area contributed by atoms with Crippen LogP contribution >= 0.6 is 11.8 Å². The van der Waals surface area contributed by atoms with Crippen molar-refractivity contribution >= 4 is 35.0 Å².